The number of piperidine rings is 1. The van der Waals surface area contributed by atoms with Crippen LogP contribution in [-0.2, 0) is 11.8 Å². The van der Waals surface area contributed by atoms with E-state index in [-0.39, 0.29) is 12.1 Å². The fourth-order valence-electron chi connectivity index (χ4n) is 3.49. The number of nitrogens with one attached hydrogen (secondary N) is 1. The number of nitrogens with zero attached hydrogens (tertiary/aromatic N) is 1. The molecule has 134 valence electrons. The topological polar surface area (TPSA) is 45.1 Å². The van der Waals surface area contributed by atoms with Crippen LogP contribution in [0.15, 0.2) is 42.6 Å². The van der Waals surface area contributed by atoms with E-state index in [0.29, 0.717) is 18.4 Å². The van der Waals surface area contributed by atoms with Crippen LogP contribution in [0.1, 0.15) is 48.2 Å². The number of hydrogen-bond donors (Lipinski definition) is 2. The molecule has 2 aromatic rings. The fraction of sp³-hybridized carbons (Fsp3) is 0.421. The Kier molecular flexibility index (Phi) is 4.60. The molecule has 0 spiro atoms. The van der Waals surface area contributed by atoms with Crippen LogP contribution in [0.5, 0.6) is 0 Å². The van der Waals surface area contributed by atoms with Gasteiger partial charge >= 0.3 is 6.18 Å². The highest BCUT2D eigenvalue weighted by atomic mass is 19.4. The molecule has 3 nitrogen and oxygen atoms in total. The molecule has 2 N–H and O–H groups in total. The first-order valence-corrected chi connectivity index (χ1v) is 8.26. The number of aliphatic hydroxyl groups is 1. The van der Waals surface area contributed by atoms with Gasteiger partial charge in [-0.2, -0.15) is 13.2 Å². The minimum absolute atomic E-state index is 0.0207. The Bertz CT molecular complexity index is 728. The zero-order valence-electron chi connectivity index (χ0n) is 14.1. The summed E-state index contributed by atoms with van der Waals surface area (Å²) >= 11 is 0. The lowest BCUT2D eigenvalue weighted by molar-refractivity contribution is -0.137. The number of benzene rings is 1. The highest BCUT2D eigenvalue weighted by molar-refractivity contribution is 5.31. The van der Waals surface area contributed by atoms with Gasteiger partial charge < -0.3 is 10.4 Å². The molecule has 0 radical (unpaired) electrons. The van der Waals surface area contributed by atoms with Gasteiger partial charge in [-0.3, -0.25) is 4.98 Å². The van der Waals surface area contributed by atoms with E-state index in [0.717, 1.165) is 23.4 Å². The predicted octanol–water partition coefficient (Wildman–Crippen LogP) is 4.11. The molecule has 1 aromatic heterocycles. The third-order valence-corrected chi connectivity index (χ3v) is 4.76. The van der Waals surface area contributed by atoms with Gasteiger partial charge in [0, 0.05) is 24.0 Å². The van der Waals surface area contributed by atoms with E-state index in [9.17, 15) is 18.3 Å². The van der Waals surface area contributed by atoms with Gasteiger partial charge in [-0.1, -0.05) is 18.2 Å². The average Bonchev–Trinajstić information content (AvgIpc) is 2.54. The maximum atomic E-state index is 12.8. The minimum Gasteiger partial charge on any atom is -0.385 e. The fourth-order valence-corrected chi connectivity index (χ4v) is 3.49. The number of hydrogen-bond acceptors (Lipinski definition) is 3. The summed E-state index contributed by atoms with van der Waals surface area (Å²) in [6.07, 6.45) is -1.78. The number of halogens is 3. The molecule has 0 bridgehead atoms. The molecule has 6 heteroatoms. The van der Waals surface area contributed by atoms with E-state index >= 15 is 0 Å². The third kappa shape index (κ3) is 3.85. The van der Waals surface area contributed by atoms with Crippen molar-refractivity contribution in [2.24, 2.45) is 0 Å². The Morgan fingerprint density at radius 1 is 1.12 bits per heavy atom. The summed E-state index contributed by atoms with van der Waals surface area (Å²) in [6, 6.07) is 8.61. The zero-order chi connectivity index (χ0) is 18.2. The van der Waals surface area contributed by atoms with Crippen molar-refractivity contribution < 1.29 is 18.3 Å². The van der Waals surface area contributed by atoms with E-state index in [2.05, 4.69) is 10.3 Å². The molecule has 3 atom stereocenters. The smallest absolute Gasteiger partial charge is 0.385 e. The van der Waals surface area contributed by atoms with E-state index in [4.69, 9.17) is 0 Å². The highest BCUT2D eigenvalue weighted by Gasteiger charge is 2.40. The Hall–Kier alpha value is -1.92. The first-order valence-electron chi connectivity index (χ1n) is 8.26. The molecule has 0 saturated carbocycles. The van der Waals surface area contributed by atoms with Gasteiger partial charge in [-0.15, -0.1) is 0 Å². The van der Waals surface area contributed by atoms with Crippen LogP contribution >= 0.6 is 0 Å². The van der Waals surface area contributed by atoms with Gasteiger partial charge in [0.2, 0.25) is 0 Å². The molecule has 1 fully saturated rings. The van der Waals surface area contributed by atoms with Crippen LogP contribution in [0.2, 0.25) is 0 Å². The molecule has 1 aliphatic rings. The molecule has 1 aliphatic heterocycles. The second-order valence-corrected chi connectivity index (χ2v) is 6.87. The number of aryl methyl sites for hydroxylation is 1. The number of alkyl halides is 3. The lowest BCUT2D eigenvalue weighted by Crippen LogP contribution is -2.46. The van der Waals surface area contributed by atoms with Gasteiger partial charge in [0.25, 0.3) is 0 Å². The SMILES string of the molecule is Cc1ccc(C2CC(O)(c3ccc(C(F)(F)F)cc3)CC(C)N2)cn1. The second kappa shape index (κ2) is 6.42. The van der Waals surface area contributed by atoms with Crippen molar-refractivity contribution >= 4 is 0 Å². The van der Waals surface area contributed by atoms with Crippen LogP contribution in [0, 0.1) is 6.92 Å². The van der Waals surface area contributed by atoms with Crippen LogP contribution < -0.4 is 5.32 Å². The normalized spacial score (nSPS) is 27.3. The number of aromatic nitrogens is 1. The van der Waals surface area contributed by atoms with Gasteiger partial charge in [0.05, 0.1) is 11.2 Å². The van der Waals surface area contributed by atoms with Gasteiger partial charge in [0.15, 0.2) is 0 Å². The van der Waals surface area contributed by atoms with Crippen LogP contribution in [0.4, 0.5) is 13.2 Å². The molecule has 3 rings (SSSR count). The van der Waals surface area contributed by atoms with E-state index < -0.39 is 17.3 Å². The maximum Gasteiger partial charge on any atom is 0.416 e. The lowest BCUT2D eigenvalue weighted by Gasteiger charge is -2.41. The molecule has 25 heavy (non-hydrogen) atoms. The van der Waals surface area contributed by atoms with Gasteiger partial charge in [-0.25, -0.2) is 0 Å². The number of rotatable bonds is 2. The molecule has 2 heterocycles. The summed E-state index contributed by atoms with van der Waals surface area (Å²) in [6.45, 7) is 3.86. The van der Waals surface area contributed by atoms with Crippen molar-refractivity contribution in [3.63, 3.8) is 0 Å². The Balaban J connectivity index is 1.87. The summed E-state index contributed by atoms with van der Waals surface area (Å²) in [4.78, 5) is 4.29. The van der Waals surface area contributed by atoms with Gasteiger partial charge in [0.1, 0.15) is 0 Å². The molecule has 1 saturated heterocycles. The first kappa shape index (κ1) is 17.9. The molecule has 1 aromatic carbocycles. The average molecular weight is 350 g/mol. The van der Waals surface area contributed by atoms with Gasteiger partial charge in [-0.05, 0) is 56.0 Å². The number of pyridine rings is 1. The maximum absolute atomic E-state index is 12.8. The summed E-state index contributed by atoms with van der Waals surface area (Å²) in [5, 5.41) is 14.6. The van der Waals surface area contributed by atoms with Crippen LogP contribution in [-0.4, -0.2) is 16.1 Å². The first-order chi connectivity index (χ1) is 11.7. The summed E-state index contributed by atoms with van der Waals surface area (Å²) in [5.41, 5.74) is 0.498. The van der Waals surface area contributed by atoms with Crippen LogP contribution in [0.3, 0.4) is 0 Å². The highest BCUT2D eigenvalue weighted by Crippen LogP contribution is 2.40. The zero-order valence-corrected chi connectivity index (χ0v) is 14.1. The monoisotopic (exact) mass is 350 g/mol. The largest absolute Gasteiger partial charge is 0.416 e. The quantitative estimate of drug-likeness (QED) is 0.857. The molecule has 0 aliphatic carbocycles. The van der Waals surface area contributed by atoms with Crippen molar-refractivity contribution in [2.75, 3.05) is 0 Å². The van der Waals surface area contributed by atoms with Crippen molar-refractivity contribution in [3.05, 3.63) is 65.0 Å². The van der Waals surface area contributed by atoms with Crippen molar-refractivity contribution in [2.45, 2.75) is 50.6 Å². The lowest BCUT2D eigenvalue weighted by atomic mass is 9.77. The summed E-state index contributed by atoms with van der Waals surface area (Å²) in [7, 11) is 0. The standard InChI is InChI=1S/C19H21F3N2O/c1-12-3-4-14(11-23-12)17-10-18(25,9-13(2)24-17)15-5-7-16(8-6-15)19(20,21)22/h3-8,11,13,17,24-25H,9-10H2,1-2H3. The molecule has 0 amide bonds. The molecular weight excluding hydrogens is 329 g/mol. The summed E-state index contributed by atoms with van der Waals surface area (Å²) in [5.74, 6) is 0. The third-order valence-electron chi connectivity index (χ3n) is 4.76. The molecule has 3 unspecified atom stereocenters. The van der Waals surface area contributed by atoms with E-state index in [1.807, 2.05) is 26.0 Å². The van der Waals surface area contributed by atoms with Crippen molar-refractivity contribution in [1.82, 2.24) is 10.3 Å². The summed E-state index contributed by atoms with van der Waals surface area (Å²) < 4.78 is 38.3. The van der Waals surface area contributed by atoms with Crippen molar-refractivity contribution in [1.29, 1.82) is 0 Å². The van der Waals surface area contributed by atoms with Crippen molar-refractivity contribution in [3.8, 4) is 0 Å². The Morgan fingerprint density at radius 2 is 1.80 bits per heavy atom. The minimum atomic E-state index is -4.38. The van der Waals surface area contributed by atoms with E-state index in [1.165, 1.54) is 12.1 Å². The van der Waals surface area contributed by atoms with E-state index in [1.54, 1.807) is 6.20 Å². The molecular formula is C19H21F3N2O. The predicted molar refractivity (Wildman–Crippen MR) is 88.9 cm³/mol. The second-order valence-electron chi connectivity index (χ2n) is 6.87. The van der Waals surface area contributed by atoms with Crippen LogP contribution in [0.25, 0.3) is 0 Å². The Labute approximate surface area is 144 Å². The Morgan fingerprint density at radius 3 is 2.36 bits per heavy atom.